The molecule has 0 aliphatic heterocycles. The summed E-state index contributed by atoms with van der Waals surface area (Å²) in [7, 11) is 0. The minimum Gasteiger partial charge on any atom is -0.500 e. The Bertz CT molecular complexity index is 1880. The number of hydrogen-bond donors (Lipinski definition) is 0. The van der Waals surface area contributed by atoms with Crippen LogP contribution in [0.25, 0.3) is 44.5 Å². The van der Waals surface area contributed by atoms with Crippen molar-refractivity contribution in [2.24, 2.45) is 11.8 Å². The largest absolute Gasteiger partial charge is 0.500 e. The molecule has 3 aromatic heterocycles. The first-order valence-electron chi connectivity index (χ1n) is 15.4. The van der Waals surface area contributed by atoms with Crippen LogP contribution in [0.2, 0.25) is 17.3 Å². The Labute approximate surface area is 283 Å². The Morgan fingerprint density at radius 2 is 1.58 bits per heavy atom. The average molecular weight is 838 g/mol. The molecule has 6 aromatic rings. The van der Waals surface area contributed by atoms with E-state index in [4.69, 9.17) is 9.40 Å². The summed E-state index contributed by atoms with van der Waals surface area (Å²) in [4.78, 5) is 9.19. The van der Waals surface area contributed by atoms with E-state index >= 15 is 0 Å². The van der Waals surface area contributed by atoms with Crippen LogP contribution in [0.5, 0.6) is 0 Å². The number of rotatable bonds is 7. The molecule has 0 aliphatic rings. The Balaban J connectivity index is 0.000000204. The van der Waals surface area contributed by atoms with Crippen LogP contribution in [0.1, 0.15) is 38.8 Å². The third-order valence-corrected chi connectivity index (χ3v) is 11.9. The molecule has 3 aromatic carbocycles. The Morgan fingerprint density at radius 1 is 0.800 bits per heavy atom. The van der Waals surface area contributed by atoms with Crippen LogP contribution in [-0.2, 0) is 32.9 Å². The van der Waals surface area contributed by atoms with Gasteiger partial charge in [-0.25, -0.2) is 4.39 Å². The van der Waals surface area contributed by atoms with Gasteiger partial charge in [-0.2, -0.15) is 0 Å². The maximum atomic E-state index is 13.5. The van der Waals surface area contributed by atoms with E-state index in [1.807, 2.05) is 42.6 Å². The maximum Gasteiger partial charge on any atom is 0.126 e. The van der Waals surface area contributed by atoms with E-state index in [0.717, 1.165) is 46.1 Å². The molecule has 0 spiro atoms. The van der Waals surface area contributed by atoms with Gasteiger partial charge in [-0.3, -0.25) is 0 Å². The molecule has 0 bridgehead atoms. The molecule has 1 radical (unpaired) electrons. The van der Waals surface area contributed by atoms with Crippen molar-refractivity contribution in [3.63, 3.8) is 0 Å². The summed E-state index contributed by atoms with van der Waals surface area (Å²) in [5, 5.41) is 1.86. The first-order valence-corrected chi connectivity index (χ1v) is 22.8. The fraction of sp³-hybridized carbons (Fsp3) is 0.282. The van der Waals surface area contributed by atoms with Crippen molar-refractivity contribution in [3.05, 3.63) is 114 Å². The second-order valence-electron chi connectivity index (χ2n) is 13.3. The van der Waals surface area contributed by atoms with Crippen molar-refractivity contribution in [2.45, 2.75) is 57.8 Å². The number of pyridine rings is 2. The zero-order valence-electron chi connectivity index (χ0n) is 27.2. The minimum atomic E-state index is -1.86. The smallest absolute Gasteiger partial charge is 0.126 e. The standard InChI is InChI=1S/C21H17FNO.C18H24GeN.Ir/c1-13(2)10-14-8-9-23-19(11-14)18-5-3-4-17-16-7-6-15(22)12-20(16)24-21(17)18;1-14(2)11-16-12-18(15-9-7-6-8-10-15)20-13-17(16)19(3,4)5;/h3-4,6-9,11-13H,10H2,1-2H3;6-9,12-14H,11H2,1-5H3;/q2*-1;. The number of aromatic nitrogens is 2. The van der Waals surface area contributed by atoms with E-state index in [2.05, 4.69) is 86.5 Å². The average Bonchev–Trinajstić information content (AvgIpc) is 3.34. The first-order chi connectivity index (χ1) is 21.0. The monoisotopic (exact) mass is 839 g/mol. The molecule has 0 saturated heterocycles. The van der Waals surface area contributed by atoms with Crippen LogP contribution < -0.4 is 4.40 Å². The van der Waals surface area contributed by atoms with Gasteiger partial charge in [-0.05, 0) is 36.2 Å². The molecule has 235 valence electrons. The molecule has 6 heteroatoms. The molecule has 0 atom stereocenters. The van der Waals surface area contributed by atoms with E-state index in [0.29, 0.717) is 23.0 Å². The maximum absolute atomic E-state index is 13.5. The molecule has 3 nitrogen and oxygen atoms in total. The SMILES string of the molecule is CC(C)Cc1cc(-c2[c-]cccc2)nc[c]1[Ge]([CH3])([CH3])[CH3].CC(C)Cc1ccnc(-c2[c-]ccc3c2oc2cc(F)ccc23)c1.[Ir]. The number of fused-ring (bicyclic) bond motifs is 3. The topological polar surface area (TPSA) is 38.9 Å². The van der Waals surface area contributed by atoms with E-state index in [-0.39, 0.29) is 25.9 Å². The summed E-state index contributed by atoms with van der Waals surface area (Å²) in [5.41, 5.74) is 7.77. The fourth-order valence-corrected chi connectivity index (χ4v) is 8.93. The fourth-order valence-electron chi connectivity index (χ4n) is 5.60. The molecule has 3 heterocycles. The molecule has 0 saturated carbocycles. The molecule has 0 amide bonds. The van der Waals surface area contributed by atoms with Crippen molar-refractivity contribution in [1.29, 1.82) is 0 Å². The van der Waals surface area contributed by atoms with E-state index in [1.54, 1.807) is 10.5 Å². The molecule has 0 aliphatic carbocycles. The first kappa shape index (κ1) is 34.7. The van der Waals surface area contributed by atoms with Gasteiger partial charge in [0.05, 0.1) is 5.58 Å². The van der Waals surface area contributed by atoms with E-state index in [1.165, 1.54) is 23.3 Å². The summed E-state index contributed by atoms with van der Waals surface area (Å²) >= 11 is -1.86. The van der Waals surface area contributed by atoms with Gasteiger partial charge in [0.25, 0.3) is 0 Å². The Kier molecular flexibility index (Phi) is 11.6. The predicted molar refractivity (Wildman–Crippen MR) is 184 cm³/mol. The predicted octanol–water partition coefficient (Wildman–Crippen LogP) is 10.1. The Morgan fingerprint density at radius 3 is 2.27 bits per heavy atom. The minimum absolute atomic E-state index is 0. The summed E-state index contributed by atoms with van der Waals surface area (Å²) < 4.78 is 21.0. The van der Waals surface area contributed by atoms with E-state index < -0.39 is 13.3 Å². The van der Waals surface area contributed by atoms with Gasteiger partial charge in [0.2, 0.25) is 0 Å². The summed E-state index contributed by atoms with van der Waals surface area (Å²) in [6, 6.07) is 29.4. The van der Waals surface area contributed by atoms with Crippen LogP contribution in [0, 0.1) is 29.8 Å². The van der Waals surface area contributed by atoms with Crippen LogP contribution in [0.15, 0.2) is 89.6 Å². The number of halogens is 1. The molecular formula is C39H41FGeIrN2O-2. The second-order valence-corrected chi connectivity index (χ2v) is 23.9. The molecule has 45 heavy (non-hydrogen) atoms. The van der Waals surface area contributed by atoms with Crippen molar-refractivity contribution in [3.8, 4) is 22.5 Å². The van der Waals surface area contributed by atoms with Gasteiger partial charge in [0, 0.05) is 37.8 Å². The van der Waals surface area contributed by atoms with Gasteiger partial charge in [-0.15, -0.1) is 18.2 Å². The van der Waals surface area contributed by atoms with E-state index in [9.17, 15) is 4.39 Å². The molecule has 0 N–H and O–H groups in total. The Hall–Kier alpha value is -3.12. The quantitative estimate of drug-likeness (QED) is 0.119. The van der Waals surface area contributed by atoms with Crippen LogP contribution in [-0.4, -0.2) is 23.2 Å². The summed E-state index contributed by atoms with van der Waals surface area (Å²) in [6.45, 7) is 8.96. The normalized spacial score (nSPS) is 11.5. The summed E-state index contributed by atoms with van der Waals surface area (Å²) in [6.07, 6.45) is 6.09. The molecule has 6 rings (SSSR count). The number of nitrogens with zero attached hydrogens (tertiary/aromatic N) is 2. The zero-order chi connectivity index (χ0) is 31.4. The van der Waals surface area contributed by atoms with Crippen molar-refractivity contribution in [2.75, 3.05) is 0 Å². The number of furan rings is 1. The third kappa shape index (κ3) is 8.58. The zero-order valence-corrected chi connectivity index (χ0v) is 31.7. The summed E-state index contributed by atoms with van der Waals surface area (Å²) in [5.74, 6) is 8.27. The molecule has 0 unspecified atom stereocenters. The van der Waals surface area contributed by atoms with Gasteiger partial charge >= 0.3 is 126 Å². The van der Waals surface area contributed by atoms with Gasteiger partial charge in [0.1, 0.15) is 11.4 Å². The molecular weight excluding hydrogens is 796 g/mol. The van der Waals surface area contributed by atoms with Crippen LogP contribution >= 0.6 is 0 Å². The van der Waals surface area contributed by atoms with Crippen molar-refractivity contribution < 1.29 is 28.9 Å². The molecule has 0 fully saturated rings. The van der Waals surface area contributed by atoms with Crippen LogP contribution in [0.3, 0.4) is 0 Å². The number of hydrogen-bond acceptors (Lipinski definition) is 3. The van der Waals surface area contributed by atoms with Crippen molar-refractivity contribution >= 4 is 39.6 Å². The van der Waals surface area contributed by atoms with Gasteiger partial charge < -0.3 is 9.40 Å². The third-order valence-electron chi connectivity index (χ3n) is 7.53. The van der Waals surface area contributed by atoms with Crippen molar-refractivity contribution in [1.82, 2.24) is 9.97 Å². The second kappa shape index (κ2) is 15.0. The van der Waals surface area contributed by atoms with Gasteiger partial charge in [-0.1, -0.05) is 36.4 Å². The number of benzene rings is 3. The van der Waals surface area contributed by atoms with Crippen LogP contribution in [0.4, 0.5) is 4.39 Å². The van der Waals surface area contributed by atoms with Gasteiger partial charge in [0.15, 0.2) is 0 Å².